The lowest BCUT2D eigenvalue weighted by atomic mass is 9.70. The fourth-order valence-electron chi connectivity index (χ4n) is 10.5. The number of hydrogen-bond acceptors (Lipinski definition) is 0. The van der Waals surface area contributed by atoms with Gasteiger partial charge in [0.05, 0.1) is 5.41 Å². The molecule has 0 radical (unpaired) electrons. The number of benzene rings is 8. The standard InChI is InChI=1S/C54H40/c1-53(2)47-24-12-8-20-40(47)44-31-29-37(34-51(44)53)46(39-19-7-6-18-38(39)36-16-4-3-5-17-36)32-35-28-30-45-43-23-11-15-27-50(43)54(52(45)33-35)48-25-13-9-21-41(48)42-22-10-14-26-49(42)54/h3-31,33-34,46H,32H2,1-2H3. The van der Waals surface area contributed by atoms with Crippen LogP contribution in [-0.2, 0) is 17.3 Å². The maximum absolute atomic E-state index is 2.57. The Kier molecular flexibility index (Phi) is 6.74. The van der Waals surface area contributed by atoms with Gasteiger partial charge in [0.15, 0.2) is 0 Å². The zero-order valence-electron chi connectivity index (χ0n) is 30.7. The molecule has 0 bridgehead atoms. The Balaban J connectivity index is 1.12. The molecular formula is C54H40. The average molecular weight is 689 g/mol. The second kappa shape index (κ2) is 11.6. The van der Waals surface area contributed by atoms with Crippen LogP contribution in [0.3, 0.4) is 0 Å². The quantitative estimate of drug-likeness (QED) is 0.169. The lowest BCUT2D eigenvalue weighted by molar-refractivity contribution is 0.657. The normalized spacial score (nSPS) is 15.1. The smallest absolute Gasteiger partial charge is 0.0622 e. The number of hydrogen-bond donors (Lipinski definition) is 0. The summed E-state index contributed by atoms with van der Waals surface area (Å²) in [4.78, 5) is 0. The van der Waals surface area contributed by atoms with Crippen LogP contribution in [0.1, 0.15) is 69.8 Å². The molecule has 0 amide bonds. The van der Waals surface area contributed by atoms with Gasteiger partial charge in [-0.15, -0.1) is 0 Å². The largest absolute Gasteiger partial charge is 0.0725 e. The van der Waals surface area contributed by atoms with E-state index in [1.807, 2.05) is 0 Å². The summed E-state index contributed by atoms with van der Waals surface area (Å²) in [5.41, 5.74) is 22.8. The van der Waals surface area contributed by atoms with Crippen molar-refractivity contribution < 1.29 is 0 Å². The molecule has 1 atom stereocenters. The van der Waals surface area contributed by atoms with Gasteiger partial charge in [-0.2, -0.15) is 0 Å². The Morgan fingerprint density at radius 2 is 0.833 bits per heavy atom. The zero-order valence-corrected chi connectivity index (χ0v) is 30.7. The van der Waals surface area contributed by atoms with E-state index in [9.17, 15) is 0 Å². The molecule has 0 saturated heterocycles. The van der Waals surface area contributed by atoms with Gasteiger partial charge in [-0.05, 0) is 101 Å². The SMILES string of the molecule is CC1(C)c2ccccc2-c2ccc(C(Cc3ccc4c(c3)C3(c5ccccc5-c5ccccc53)c3ccccc3-4)c3ccccc3-c3ccccc3)cc21. The first-order chi connectivity index (χ1) is 26.5. The molecule has 8 aromatic rings. The average Bonchev–Trinajstić information content (AvgIpc) is 3.79. The Morgan fingerprint density at radius 1 is 0.370 bits per heavy atom. The van der Waals surface area contributed by atoms with Crippen LogP contribution in [0, 0.1) is 0 Å². The van der Waals surface area contributed by atoms with E-state index < -0.39 is 0 Å². The van der Waals surface area contributed by atoms with E-state index in [0.29, 0.717) is 0 Å². The molecule has 0 heteroatoms. The summed E-state index contributed by atoms with van der Waals surface area (Å²) >= 11 is 0. The third kappa shape index (κ3) is 4.26. The lowest BCUT2D eigenvalue weighted by Gasteiger charge is -2.31. The monoisotopic (exact) mass is 688 g/mol. The van der Waals surface area contributed by atoms with Crippen LogP contribution >= 0.6 is 0 Å². The van der Waals surface area contributed by atoms with Gasteiger partial charge in [-0.25, -0.2) is 0 Å². The van der Waals surface area contributed by atoms with Gasteiger partial charge in [0.2, 0.25) is 0 Å². The molecule has 3 aliphatic carbocycles. The van der Waals surface area contributed by atoms with Crippen LogP contribution in [0.25, 0.3) is 44.5 Å². The Hall–Kier alpha value is -6.24. The van der Waals surface area contributed by atoms with E-state index in [1.54, 1.807) is 0 Å². The van der Waals surface area contributed by atoms with Crippen LogP contribution in [0.5, 0.6) is 0 Å². The topological polar surface area (TPSA) is 0 Å². The molecule has 0 aliphatic heterocycles. The zero-order chi connectivity index (χ0) is 36.0. The van der Waals surface area contributed by atoms with Crippen LogP contribution in [0.2, 0.25) is 0 Å². The minimum absolute atomic E-state index is 0.0690. The molecule has 1 unspecified atom stereocenters. The van der Waals surface area contributed by atoms with Crippen molar-refractivity contribution >= 4 is 0 Å². The first-order valence-corrected chi connectivity index (χ1v) is 19.4. The molecule has 0 fully saturated rings. The molecule has 0 nitrogen and oxygen atoms in total. The van der Waals surface area contributed by atoms with Gasteiger partial charge in [0, 0.05) is 11.3 Å². The van der Waals surface area contributed by atoms with Crippen molar-refractivity contribution in [1.29, 1.82) is 0 Å². The summed E-state index contributed by atoms with van der Waals surface area (Å²) in [6.07, 6.45) is 0.888. The Bertz CT molecular complexity index is 2720. The van der Waals surface area contributed by atoms with Gasteiger partial charge in [0.25, 0.3) is 0 Å². The molecule has 8 aromatic carbocycles. The molecule has 3 aliphatic rings. The molecule has 54 heavy (non-hydrogen) atoms. The highest BCUT2D eigenvalue weighted by Gasteiger charge is 2.51. The van der Waals surface area contributed by atoms with Crippen molar-refractivity contribution in [2.75, 3.05) is 0 Å². The number of rotatable bonds is 5. The van der Waals surface area contributed by atoms with E-state index in [4.69, 9.17) is 0 Å². The highest BCUT2D eigenvalue weighted by molar-refractivity contribution is 5.95. The summed E-state index contributed by atoms with van der Waals surface area (Å²) in [5.74, 6) is 0.146. The summed E-state index contributed by atoms with van der Waals surface area (Å²) in [5, 5.41) is 0. The summed E-state index contributed by atoms with van der Waals surface area (Å²) in [6.45, 7) is 4.78. The van der Waals surface area contributed by atoms with Crippen LogP contribution in [0.4, 0.5) is 0 Å². The Labute approximate surface area is 318 Å². The van der Waals surface area contributed by atoms with Crippen LogP contribution in [-0.4, -0.2) is 0 Å². The molecule has 0 heterocycles. The van der Waals surface area contributed by atoms with Gasteiger partial charge >= 0.3 is 0 Å². The molecular weight excluding hydrogens is 649 g/mol. The van der Waals surface area contributed by atoms with Crippen molar-refractivity contribution in [2.24, 2.45) is 0 Å². The van der Waals surface area contributed by atoms with Crippen molar-refractivity contribution in [3.63, 3.8) is 0 Å². The van der Waals surface area contributed by atoms with Gasteiger partial charge < -0.3 is 0 Å². The van der Waals surface area contributed by atoms with Crippen molar-refractivity contribution in [3.05, 3.63) is 238 Å². The summed E-state index contributed by atoms with van der Waals surface area (Å²) in [6, 6.07) is 71.1. The number of fused-ring (bicyclic) bond motifs is 13. The van der Waals surface area contributed by atoms with E-state index in [2.05, 4.69) is 202 Å². The molecule has 256 valence electrons. The van der Waals surface area contributed by atoms with Gasteiger partial charge in [0.1, 0.15) is 0 Å². The predicted octanol–water partition coefficient (Wildman–Crippen LogP) is 13.4. The highest BCUT2D eigenvalue weighted by atomic mass is 14.5. The first-order valence-electron chi connectivity index (χ1n) is 19.4. The molecule has 0 N–H and O–H groups in total. The van der Waals surface area contributed by atoms with E-state index >= 15 is 0 Å². The molecule has 0 aromatic heterocycles. The fourth-order valence-corrected chi connectivity index (χ4v) is 10.5. The Morgan fingerprint density at radius 3 is 1.46 bits per heavy atom. The molecule has 1 spiro atoms. The van der Waals surface area contributed by atoms with E-state index in [0.717, 1.165) is 6.42 Å². The van der Waals surface area contributed by atoms with E-state index in [-0.39, 0.29) is 16.7 Å². The molecule has 11 rings (SSSR count). The highest BCUT2D eigenvalue weighted by Crippen LogP contribution is 2.63. The maximum atomic E-state index is 2.57. The fraction of sp³-hybridized carbons (Fsp3) is 0.111. The maximum Gasteiger partial charge on any atom is 0.0725 e. The van der Waals surface area contributed by atoms with Crippen LogP contribution < -0.4 is 0 Å². The van der Waals surface area contributed by atoms with Gasteiger partial charge in [-0.1, -0.05) is 202 Å². The third-order valence-corrected chi connectivity index (χ3v) is 12.9. The predicted molar refractivity (Wildman–Crippen MR) is 224 cm³/mol. The van der Waals surface area contributed by atoms with Crippen molar-refractivity contribution in [3.8, 4) is 44.5 Å². The second-order valence-electron chi connectivity index (χ2n) is 16.0. The summed E-state index contributed by atoms with van der Waals surface area (Å²) < 4.78 is 0. The minimum Gasteiger partial charge on any atom is -0.0622 e. The first kappa shape index (κ1) is 31.3. The third-order valence-electron chi connectivity index (χ3n) is 12.9. The summed E-state index contributed by atoms with van der Waals surface area (Å²) in [7, 11) is 0. The molecule has 0 saturated carbocycles. The minimum atomic E-state index is -0.351. The van der Waals surface area contributed by atoms with Crippen LogP contribution in [0.15, 0.2) is 188 Å². The lowest BCUT2D eigenvalue weighted by Crippen LogP contribution is -2.26. The second-order valence-corrected chi connectivity index (χ2v) is 16.0. The van der Waals surface area contributed by atoms with Gasteiger partial charge in [-0.3, -0.25) is 0 Å². The van der Waals surface area contributed by atoms with E-state index in [1.165, 1.54) is 94.6 Å². The van der Waals surface area contributed by atoms with Crippen molar-refractivity contribution in [1.82, 2.24) is 0 Å². The van der Waals surface area contributed by atoms with Crippen molar-refractivity contribution in [2.45, 2.75) is 37.0 Å².